The molecule has 1 unspecified atom stereocenters. The molecule has 0 saturated carbocycles. The van der Waals surface area contributed by atoms with Gasteiger partial charge in [0.25, 0.3) is 5.91 Å². The van der Waals surface area contributed by atoms with E-state index in [9.17, 15) is 9.90 Å². The number of carbonyl (C=O) groups is 1. The second-order valence-corrected chi connectivity index (χ2v) is 7.92. The number of amides is 1. The van der Waals surface area contributed by atoms with Crippen LogP contribution < -0.4 is 0 Å². The Bertz CT molecular complexity index is 855. The maximum atomic E-state index is 13.1. The molecule has 1 aromatic heterocycles. The number of rotatable bonds is 2. The monoisotopic (exact) mass is 381 g/mol. The molecule has 1 aromatic carbocycles. The SMILES string of the molecule is Cc1cc(C)nc(-c2cccc(C(=O)N3CCC4(CC3)OCCCC4O)c2)n1. The molecule has 0 bridgehead atoms. The van der Waals surface area contributed by atoms with Gasteiger partial charge in [0.15, 0.2) is 5.82 Å². The predicted molar refractivity (Wildman–Crippen MR) is 106 cm³/mol. The van der Waals surface area contributed by atoms with Gasteiger partial charge in [0, 0.05) is 42.2 Å². The Kier molecular flexibility index (Phi) is 5.17. The summed E-state index contributed by atoms with van der Waals surface area (Å²) < 4.78 is 5.95. The molecule has 2 aliphatic rings. The molecule has 1 amide bonds. The van der Waals surface area contributed by atoms with Crippen LogP contribution in [0.25, 0.3) is 11.4 Å². The summed E-state index contributed by atoms with van der Waals surface area (Å²) in [6, 6.07) is 9.45. The lowest BCUT2D eigenvalue weighted by atomic mass is 9.82. The van der Waals surface area contributed by atoms with Gasteiger partial charge in [-0.3, -0.25) is 4.79 Å². The largest absolute Gasteiger partial charge is 0.390 e. The molecule has 1 spiro atoms. The molecule has 4 rings (SSSR count). The molecule has 0 radical (unpaired) electrons. The second-order valence-electron chi connectivity index (χ2n) is 7.92. The van der Waals surface area contributed by atoms with Gasteiger partial charge >= 0.3 is 0 Å². The molecule has 2 fully saturated rings. The van der Waals surface area contributed by atoms with E-state index in [0.29, 0.717) is 43.9 Å². The van der Waals surface area contributed by atoms with E-state index >= 15 is 0 Å². The molecule has 1 N–H and O–H groups in total. The van der Waals surface area contributed by atoms with Gasteiger partial charge in [-0.05, 0) is 57.7 Å². The van der Waals surface area contributed by atoms with E-state index in [1.54, 1.807) is 0 Å². The number of nitrogens with zero attached hydrogens (tertiary/aromatic N) is 3. The smallest absolute Gasteiger partial charge is 0.253 e. The average Bonchev–Trinajstić information content (AvgIpc) is 2.70. The van der Waals surface area contributed by atoms with Crippen molar-refractivity contribution in [1.29, 1.82) is 0 Å². The van der Waals surface area contributed by atoms with Crippen molar-refractivity contribution in [3.05, 3.63) is 47.3 Å². The van der Waals surface area contributed by atoms with Gasteiger partial charge in [0.2, 0.25) is 0 Å². The number of aliphatic hydroxyl groups is 1. The van der Waals surface area contributed by atoms with Crippen molar-refractivity contribution in [3.8, 4) is 11.4 Å². The molecule has 6 nitrogen and oxygen atoms in total. The van der Waals surface area contributed by atoms with Crippen LogP contribution in [0.1, 0.15) is 47.4 Å². The lowest BCUT2D eigenvalue weighted by Gasteiger charge is -2.46. The standard InChI is InChI=1S/C22H27N3O3/c1-15-13-16(2)24-20(23-15)17-5-3-6-18(14-17)21(27)25-10-8-22(9-11-25)19(26)7-4-12-28-22/h3,5-6,13-14,19,26H,4,7-12H2,1-2H3. The van der Waals surface area contributed by atoms with E-state index in [2.05, 4.69) is 9.97 Å². The van der Waals surface area contributed by atoms with Crippen molar-refractivity contribution in [2.24, 2.45) is 0 Å². The van der Waals surface area contributed by atoms with Gasteiger partial charge in [-0.15, -0.1) is 0 Å². The van der Waals surface area contributed by atoms with E-state index in [1.807, 2.05) is 49.1 Å². The van der Waals surface area contributed by atoms with Gasteiger partial charge < -0.3 is 14.7 Å². The summed E-state index contributed by atoms with van der Waals surface area (Å²) in [6.07, 6.45) is 2.62. The normalized spacial score (nSPS) is 21.7. The van der Waals surface area contributed by atoms with Gasteiger partial charge in [-0.1, -0.05) is 12.1 Å². The molecule has 2 aromatic rings. The number of aromatic nitrogens is 2. The van der Waals surface area contributed by atoms with Crippen LogP contribution in [0.2, 0.25) is 0 Å². The first-order valence-electron chi connectivity index (χ1n) is 10.0. The third-order valence-electron chi connectivity index (χ3n) is 5.87. The summed E-state index contributed by atoms with van der Waals surface area (Å²) in [7, 11) is 0. The fourth-order valence-electron chi connectivity index (χ4n) is 4.31. The Morgan fingerprint density at radius 1 is 1.18 bits per heavy atom. The van der Waals surface area contributed by atoms with E-state index in [0.717, 1.165) is 29.8 Å². The first-order chi connectivity index (χ1) is 13.5. The van der Waals surface area contributed by atoms with E-state index < -0.39 is 11.7 Å². The highest BCUT2D eigenvalue weighted by molar-refractivity contribution is 5.95. The maximum absolute atomic E-state index is 13.1. The second kappa shape index (κ2) is 7.60. The van der Waals surface area contributed by atoms with Crippen molar-refractivity contribution >= 4 is 5.91 Å². The summed E-state index contributed by atoms with van der Waals surface area (Å²) in [5.74, 6) is 0.648. The molecule has 3 heterocycles. The van der Waals surface area contributed by atoms with Gasteiger partial charge in [-0.2, -0.15) is 0 Å². The topological polar surface area (TPSA) is 75.6 Å². The Morgan fingerprint density at radius 3 is 2.57 bits per heavy atom. The summed E-state index contributed by atoms with van der Waals surface area (Å²) in [6.45, 7) is 5.78. The minimum atomic E-state index is -0.468. The predicted octanol–water partition coefficient (Wildman–Crippen LogP) is 2.91. The van der Waals surface area contributed by atoms with E-state index in [-0.39, 0.29) is 5.91 Å². The minimum Gasteiger partial charge on any atom is -0.390 e. The zero-order valence-corrected chi connectivity index (χ0v) is 16.5. The Labute approximate surface area is 165 Å². The number of carbonyl (C=O) groups excluding carboxylic acids is 1. The Balaban J connectivity index is 1.50. The molecule has 1 atom stereocenters. The number of aliphatic hydroxyl groups excluding tert-OH is 1. The van der Waals surface area contributed by atoms with Crippen LogP contribution >= 0.6 is 0 Å². The molecule has 2 aliphatic heterocycles. The third-order valence-corrected chi connectivity index (χ3v) is 5.87. The highest BCUT2D eigenvalue weighted by Gasteiger charge is 2.44. The van der Waals surface area contributed by atoms with Crippen molar-refractivity contribution in [2.75, 3.05) is 19.7 Å². The fourth-order valence-corrected chi connectivity index (χ4v) is 4.31. The van der Waals surface area contributed by atoms with Crippen LogP contribution in [0, 0.1) is 13.8 Å². The summed E-state index contributed by atoms with van der Waals surface area (Å²) >= 11 is 0. The van der Waals surface area contributed by atoms with Gasteiger partial charge in [-0.25, -0.2) is 9.97 Å². The number of aryl methyl sites for hydroxylation is 2. The highest BCUT2D eigenvalue weighted by atomic mass is 16.5. The van der Waals surface area contributed by atoms with E-state index in [1.165, 1.54) is 0 Å². The molecule has 2 saturated heterocycles. The molecule has 28 heavy (non-hydrogen) atoms. The lowest BCUT2D eigenvalue weighted by molar-refractivity contribution is -0.174. The zero-order chi connectivity index (χ0) is 19.7. The molecular weight excluding hydrogens is 354 g/mol. The van der Waals surface area contributed by atoms with Crippen molar-refractivity contribution in [2.45, 2.75) is 51.2 Å². The summed E-state index contributed by atoms with van der Waals surface area (Å²) in [4.78, 5) is 23.9. The van der Waals surface area contributed by atoms with Crippen LogP contribution in [0.15, 0.2) is 30.3 Å². The first-order valence-corrected chi connectivity index (χ1v) is 10.0. The summed E-state index contributed by atoms with van der Waals surface area (Å²) in [5.41, 5.74) is 2.83. The number of ether oxygens (including phenoxy) is 1. The highest BCUT2D eigenvalue weighted by Crippen LogP contribution is 2.35. The van der Waals surface area contributed by atoms with Crippen LogP contribution in [0.4, 0.5) is 0 Å². The number of likely N-dealkylation sites (tertiary alicyclic amines) is 1. The van der Waals surface area contributed by atoms with Crippen molar-refractivity contribution in [1.82, 2.24) is 14.9 Å². The molecular formula is C22H27N3O3. The van der Waals surface area contributed by atoms with Crippen LogP contribution in [-0.2, 0) is 4.74 Å². The number of benzene rings is 1. The third kappa shape index (κ3) is 3.66. The van der Waals surface area contributed by atoms with Crippen LogP contribution in [0.3, 0.4) is 0 Å². The number of hydrogen-bond acceptors (Lipinski definition) is 5. The fraction of sp³-hybridized carbons (Fsp3) is 0.500. The minimum absolute atomic E-state index is 0.00590. The lowest BCUT2D eigenvalue weighted by Crippen LogP contribution is -2.56. The molecule has 6 heteroatoms. The quantitative estimate of drug-likeness (QED) is 0.866. The zero-order valence-electron chi connectivity index (χ0n) is 16.5. The van der Waals surface area contributed by atoms with Crippen LogP contribution in [-0.4, -0.2) is 57.3 Å². The van der Waals surface area contributed by atoms with Crippen LogP contribution in [0.5, 0.6) is 0 Å². The Hall–Kier alpha value is -2.31. The van der Waals surface area contributed by atoms with Gasteiger partial charge in [0.1, 0.15) is 0 Å². The number of piperidine rings is 1. The Morgan fingerprint density at radius 2 is 1.89 bits per heavy atom. The first kappa shape index (κ1) is 19.0. The number of hydrogen-bond donors (Lipinski definition) is 1. The summed E-state index contributed by atoms with van der Waals surface area (Å²) in [5, 5.41) is 10.4. The van der Waals surface area contributed by atoms with E-state index in [4.69, 9.17) is 4.74 Å². The van der Waals surface area contributed by atoms with Crippen molar-refractivity contribution in [3.63, 3.8) is 0 Å². The average molecular weight is 381 g/mol. The van der Waals surface area contributed by atoms with Gasteiger partial charge in [0.05, 0.1) is 11.7 Å². The molecule has 148 valence electrons. The maximum Gasteiger partial charge on any atom is 0.253 e. The van der Waals surface area contributed by atoms with Crippen molar-refractivity contribution < 1.29 is 14.6 Å². The molecule has 0 aliphatic carbocycles.